The number of methoxy groups -OCH3 is 1. The molecule has 0 saturated carbocycles. The summed E-state index contributed by atoms with van der Waals surface area (Å²) in [6.07, 6.45) is 2.45. The highest BCUT2D eigenvalue weighted by Crippen LogP contribution is 2.24. The van der Waals surface area contributed by atoms with Crippen molar-refractivity contribution in [3.8, 4) is 5.75 Å². The summed E-state index contributed by atoms with van der Waals surface area (Å²) in [6, 6.07) is 4.17. The fourth-order valence-corrected chi connectivity index (χ4v) is 2.79. The number of carbonyl (C=O) groups is 2. The predicted molar refractivity (Wildman–Crippen MR) is 78.4 cm³/mol. The molecule has 0 bridgehead atoms. The van der Waals surface area contributed by atoms with E-state index in [1.54, 1.807) is 11.0 Å². The molecule has 1 heterocycles. The first-order valence-electron chi connectivity index (χ1n) is 7.36. The quantitative estimate of drug-likeness (QED) is 0.907. The van der Waals surface area contributed by atoms with Gasteiger partial charge in [-0.3, -0.25) is 9.59 Å². The molecule has 1 aliphatic rings. The highest BCUT2D eigenvalue weighted by atomic mass is 19.1. The van der Waals surface area contributed by atoms with Gasteiger partial charge in [0.25, 0.3) is 5.91 Å². The molecule has 0 radical (unpaired) electrons. The summed E-state index contributed by atoms with van der Waals surface area (Å²) in [7, 11) is 1.37. The van der Waals surface area contributed by atoms with Gasteiger partial charge in [0, 0.05) is 25.1 Å². The molecule has 0 aliphatic carbocycles. The van der Waals surface area contributed by atoms with Crippen LogP contribution in [0.4, 0.5) is 4.39 Å². The topological polar surface area (TPSA) is 66.8 Å². The van der Waals surface area contributed by atoms with Crippen LogP contribution in [0.3, 0.4) is 0 Å². The van der Waals surface area contributed by atoms with Crippen LogP contribution in [0.2, 0.25) is 0 Å². The second-order valence-corrected chi connectivity index (χ2v) is 5.54. The molecule has 5 nitrogen and oxygen atoms in total. The number of aliphatic carboxylic acids is 1. The zero-order valence-corrected chi connectivity index (χ0v) is 12.5. The monoisotopic (exact) mass is 309 g/mol. The van der Waals surface area contributed by atoms with Crippen LogP contribution in [0, 0.1) is 11.7 Å². The van der Waals surface area contributed by atoms with Crippen molar-refractivity contribution in [3.63, 3.8) is 0 Å². The third-order valence-corrected chi connectivity index (χ3v) is 3.97. The predicted octanol–water partition coefficient (Wildman–Crippen LogP) is 2.55. The van der Waals surface area contributed by atoms with Crippen LogP contribution < -0.4 is 4.74 Å². The molecule has 1 N–H and O–H groups in total. The molecular weight excluding hydrogens is 289 g/mol. The number of benzene rings is 1. The molecule has 6 heteroatoms. The minimum absolute atomic E-state index is 0.106. The van der Waals surface area contributed by atoms with E-state index in [0.29, 0.717) is 19.5 Å². The molecule has 1 aromatic rings. The molecule has 1 aromatic carbocycles. The van der Waals surface area contributed by atoms with Gasteiger partial charge in [-0.1, -0.05) is 0 Å². The van der Waals surface area contributed by atoms with E-state index in [-0.39, 0.29) is 29.6 Å². The standard InChI is InChI=1S/C16H20FNO4/c1-22-14-6-5-12(9-13(14)17)16(21)18-8-2-3-11(10-18)4-7-15(19)20/h5-6,9,11H,2-4,7-8,10H2,1H3,(H,19,20)/t11-/m1/s1. The summed E-state index contributed by atoms with van der Waals surface area (Å²) < 4.78 is 18.5. The Morgan fingerprint density at radius 2 is 2.23 bits per heavy atom. The molecule has 1 atom stereocenters. The lowest BCUT2D eigenvalue weighted by Gasteiger charge is -2.32. The SMILES string of the molecule is COc1ccc(C(=O)N2CCC[C@H](CCC(=O)O)C2)cc1F. The van der Waals surface area contributed by atoms with Crippen LogP contribution >= 0.6 is 0 Å². The number of halogens is 1. The molecule has 120 valence electrons. The van der Waals surface area contributed by atoms with Gasteiger partial charge in [0.15, 0.2) is 11.6 Å². The van der Waals surface area contributed by atoms with Gasteiger partial charge in [0.2, 0.25) is 0 Å². The maximum absolute atomic E-state index is 13.7. The fourth-order valence-electron chi connectivity index (χ4n) is 2.79. The van der Waals surface area contributed by atoms with Crippen molar-refractivity contribution >= 4 is 11.9 Å². The van der Waals surface area contributed by atoms with Gasteiger partial charge in [-0.05, 0) is 43.4 Å². The number of rotatable bonds is 5. The molecular formula is C16H20FNO4. The van der Waals surface area contributed by atoms with Crippen molar-refractivity contribution < 1.29 is 23.8 Å². The lowest BCUT2D eigenvalue weighted by molar-refractivity contribution is -0.137. The Balaban J connectivity index is 2.02. The summed E-state index contributed by atoms with van der Waals surface area (Å²) in [5.74, 6) is -1.30. The third-order valence-electron chi connectivity index (χ3n) is 3.97. The lowest BCUT2D eigenvalue weighted by atomic mass is 9.93. The van der Waals surface area contributed by atoms with Crippen molar-refractivity contribution in [1.29, 1.82) is 0 Å². The average Bonchev–Trinajstić information content (AvgIpc) is 2.52. The smallest absolute Gasteiger partial charge is 0.303 e. The van der Waals surface area contributed by atoms with Gasteiger partial charge in [0.1, 0.15) is 0 Å². The summed E-state index contributed by atoms with van der Waals surface area (Å²) in [5.41, 5.74) is 0.289. The van der Waals surface area contributed by atoms with Crippen LogP contribution in [0.5, 0.6) is 5.75 Å². The van der Waals surface area contributed by atoms with Crippen molar-refractivity contribution in [2.24, 2.45) is 5.92 Å². The first-order chi connectivity index (χ1) is 10.5. The van der Waals surface area contributed by atoms with E-state index in [2.05, 4.69) is 0 Å². The molecule has 1 aliphatic heterocycles. The number of ether oxygens (including phenoxy) is 1. The Bertz CT molecular complexity index is 561. The first-order valence-corrected chi connectivity index (χ1v) is 7.36. The van der Waals surface area contributed by atoms with Crippen LogP contribution in [0.25, 0.3) is 0 Å². The maximum Gasteiger partial charge on any atom is 0.303 e. The molecule has 22 heavy (non-hydrogen) atoms. The first kappa shape index (κ1) is 16.3. The van der Waals surface area contributed by atoms with Crippen molar-refractivity contribution in [1.82, 2.24) is 4.90 Å². The zero-order chi connectivity index (χ0) is 16.1. The van der Waals surface area contributed by atoms with E-state index in [1.165, 1.54) is 19.2 Å². The van der Waals surface area contributed by atoms with Crippen LogP contribution in [0.1, 0.15) is 36.0 Å². The third kappa shape index (κ3) is 3.96. The molecule has 1 amide bonds. The minimum atomic E-state index is -0.819. The second kappa shape index (κ2) is 7.24. The van der Waals surface area contributed by atoms with Gasteiger partial charge in [-0.2, -0.15) is 0 Å². The number of carboxylic acids is 1. The van der Waals surface area contributed by atoms with Gasteiger partial charge in [-0.25, -0.2) is 4.39 Å². The molecule has 1 saturated heterocycles. The summed E-state index contributed by atoms with van der Waals surface area (Å²) in [5, 5.41) is 8.74. The number of carboxylic acid groups (broad SMARTS) is 1. The highest BCUT2D eigenvalue weighted by Gasteiger charge is 2.25. The molecule has 0 spiro atoms. The van der Waals surface area contributed by atoms with E-state index in [9.17, 15) is 14.0 Å². The maximum atomic E-state index is 13.7. The number of nitrogens with zero attached hydrogens (tertiary/aromatic N) is 1. The van der Waals surface area contributed by atoms with Crippen molar-refractivity contribution in [2.45, 2.75) is 25.7 Å². The molecule has 2 rings (SSSR count). The highest BCUT2D eigenvalue weighted by molar-refractivity contribution is 5.94. The summed E-state index contributed by atoms with van der Waals surface area (Å²) in [6.45, 7) is 1.15. The minimum Gasteiger partial charge on any atom is -0.494 e. The second-order valence-electron chi connectivity index (χ2n) is 5.54. The molecule has 0 unspecified atom stereocenters. The molecule has 1 fully saturated rings. The van der Waals surface area contributed by atoms with Crippen LogP contribution in [-0.4, -0.2) is 42.1 Å². The number of hydrogen-bond acceptors (Lipinski definition) is 3. The summed E-state index contributed by atoms with van der Waals surface area (Å²) >= 11 is 0. The zero-order valence-electron chi connectivity index (χ0n) is 12.5. The molecule has 0 aromatic heterocycles. The largest absolute Gasteiger partial charge is 0.494 e. The van der Waals surface area contributed by atoms with E-state index < -0.39 is 11.8 Å². The lowest BCUT2D eigenvalue weighted by Crippen LogP contribution is -2.40. The van der Waals surface area contributed by atoms with Gasteiger partial charge in [0.05, 0.1) is 7.11 Å². The number of piperidine rings is 1. The van der Waals surface area contributed by atoms with Gasteiger partial charge in [-0.15, -0.1) is 0 Å². The Morgan fingerprint density at radius 1 is 1.45 bits per heavy atom. The van der Waals surface area contributed by atoms with Crippen molar-refractivity contribution in [2.75, 3.05) is 20.2 Å². The Kier molecular flexibility index (Phi) is 5.35. The number of likely N-dealkylation sites (tertiary alicyclic amines) is 1. The summed E-state index contributed by atoms with van der Waals surface area (Å²) in [4.78, 5) is 24.8. The van der Waals surface area contributed by atoms with Crippen molar-refractivity contribution in [3.05, 3.63) is 29.6 Å². The van der Waals surface area contributed by atoms with E-state index in [0.717, 1.165) is 12.8 Å². The Hall–Kier alpha value is -2.11. The number of carbonyl (C=O) groups excluding carboxylic acids is 1. The number of hydrogen-bond donors (Lipinski definition) is 1. The fraction of sp³-hybridized carbons (Fsp3) is 0.500. The van der Waals surface area contributed by atoms with Gasteiger partial charge >= 0.3 is 5.97 Å². The van der Waals surface area contributed by atoms with E-state index >= 15 is 0 Å². The number of amides is 1. The average molecular weight is 309 g/mol. The van der Waals surface area contributed by atoms with Crippen LogP contribution in [-0.2, 0) is 4.79 Å². The van der Waals surface area contributed by atoms with E-state index in [4.69, 9.17) is 9.84 Å². The van der Waals surface area contributed by atoms with Crippen LogP contribution in [0.15, 0.2) is 18.2 Å². The van der Waals surface area contributed by atoms with Gasteiger partial charge < -0.3 is 14.7 Å². The normalized spacial score (nSPS) is 18.1. The Labute approximate surface area is 128 Å². The Morgan fingerprint density at radius 3 is 2.86 bits per heavy atom. The van der Waals surface area contributed by atoms with E-state index in [1.807, 2.05) is 0 Å².